The average Bonchev–Trinajstić information content (AvgIpc) is 2.44. The highest BCUT2D eigenvalue weighted by atomic mass is 16.6. The van der Waals surface area contributed by atoms with E-state index in [1.807, 2.05) is 27.7 Å². The summed E-state index contributed by atoms with van der Waals surface area (Å²) in [6.45, 7) is 10.6. The van der Waals surface area contributed by atoms with Crippen LogP contribution in [0.4, 0.5) is 0 Å². The molecule has 0 aliphatic carbocycles. The Hall–Kier alpha value is -0.240. The van der Waals surface area contributed by atoms with Crippen molar-refractivity contribution in [3.63, 3.8) is 0 Å². The maximum Gasteiger partial charge on any atom is 0.135 e. The quantitative estimate of drug-likeness (QED) is 0.681. The molecule has 0 radical (unpaired) electrons. The van der Waals surface area contributed by atoms with Gasteiger partial charge in [0.2, 0.25) is 0 Å². The lowest BCUT2D eigenvalue weighted by Crippen LogP contribution is -2.63. The minimum absolute atomic E-state index is 0.233. The summed E-state index contributed by atoms with van der Waals surface area (Å²) in [5, 5.41) is 0. The maximum absolute atomic E-state index is 6.07. The number of hydrogen-bond donors (Lipinski definition) is 1. The normalized spacial score (nSPS) is 34.4. The van der Waals surface area contributed by atoms with Crippen LogP contribution in [0.2, 0.25) is 0 Å². The third kappa shape index (κ3) is 4.65. The van der Waals surface area contributed by atoms with E-state index < -0.39 is 6.23 Å². The Labute approximate surface area is 121 Å². The van der Waals surface area contributed by atoms with Crippen LogP contribution in [0, 0.1) is 0 Å². The lowest BCUT2D eigenvalue weighted by atomic mass is 9.97. The van der Waals surface area contributed by atoms with Crippen LogP contribution in [-0.2, 0) is 23.7 Å². The topological polar surface area (TPSA) is 72.2 Å². The minimum atomic E-state index is -0.534. The molecule has 1 aliphatic heterocycles. The summed E-state index contributed by atoms with van der Waals surface area (Å²) in [5.41, 5.74) is 6.07. The van der Waals surface area contributed by atoms with Crippen LogP contribution < -0.4 is 5.73 Å². The van der Waals surface area contributed by atoms with Crippen LogP contribution in [0.5, 0.6) is 0 Å². The van der Waals surface area contributed by atoms with Crippen LogP contribution >= 0.6 is 0 Å². The van der Waals surface area contributed by atoms with Gasteiger partial charge in [-0.2, -0.15) is 0 Å². The molecule has 20 heavy (non-hydrogen) atoms. The monoisotopic (exact) mass is 291 g/mol. The fourth-order valence-electron chi connectivity index (χ4n) is 2.47. The molecule has 1 aliphatic rings. The van der Waals surface area contributed by atoms with Gasteiger partial charge in [0.1, 0.15) is 30.6 Å². The van der Waals surface area contributed by atoms with E-state index in [-0.39, 0.29) is 24.4 Å². The first-order valence-corrected chi connectivity index (χ1v) is 7.53. The van der Waals surface area contributed by atoms with Crippen LogP contribution in [-0.4, -0.2) is 63.7 Å². The lowest BCUT2D eigenvalue weighted by molar-refractivity contribution is -0.261. The Kier molecular flexibility index (Phi) is 8.60. The number of rotatable bonds is 9. The predicted molar refractivity (Wildman–Crippen MR) is 75.6 cm³/mol. The van der Waals surface area contributed by atoms with Gasteiger partial charge in [-0.1, -0.05) is 0 Å². The Morgan fingerprint density at radius 2 is 1.35 bits per heavy atom. The summed E-state index contributed by atoms with van der Waals surface area (Å²) in [6.07, 6.45) is -1.57. The van der Waals surface area contributed by atoms with E-state index >= 15 is 0 Å². The van der Waals surface area contributed by atoms with Crippen molar-refractivity contribution in [3.05, 3.63) is 0 Å². The van der Waals surface area contributed by atoms with Crippen molar-refractivity contribution in [1.82, 2.24) is 0 Å². The van der Waals surface area contributed by atoms with Gasteiger partial charge in [-0.25, -0.2) is 0 Å². The van der Waals surface area contributed by atoms with E-state index in [2.05, 4.69) is 0 Å². The summed E-state index contributed by atoms with van der Waals surface area (Å²) in [5.74, 6) is 0. The SMILES string of the molecule is CCOC[C@H]1O[C@@H](N)[C@H](OCC)[C@@H](OCC)[C@@H]1OCC. The first-order valence-electron chi connectivity index (χ1n) is 7.53. The van der Waals surface area contributed by atoms with E-state index in [4.69, 9.17) is 29.4 Å². The fourth-order valence-corrected chi connectivity index (χ4v) is 2.47. The van der Waals surface area contributed by atoms with E-state index in [1.54, 1.807) is 0 Å². The molecule has 1 saturated heterocycles. The molecule has 0 aromatic rings. The zero-order chi connectivity index (χ0) is 15.0. The molecule has 1 fully saturated rings. The second-order valence-corrected chi connectivity index (χ2v) is 4.56. The van der Waals surface area contributed by atoms with Gasteiger partial charge in [0.05, 0.1) is 6.61 Å². The standard InChI is InChI=1S/C14H29NO5/c1-5-16-9-10-11(17-6-2)12(18-7-3)13(19-8-4)14(15)20-10/h10-14H,5-9,15H2,1-4H3/t10-,11-,12+,13-,14-/m1/s1. The van der Waals surface area contributed by atoms with Gasteiger partial charge in [0.15, 0.2) is 0 Å². The van der Waals surface area contributed by atoms with Gasteiger partial charge >= 0.3 is 0 Å². The highest BCUT2D eigenvalue weighted by Crippen LogP contribution is 2.26. The molecule has 6 nitrogen and oxygen atoms in total. The molecule has 1 heterocycles. The predicted octanol–water partition coefficient (Wildman–Crippen LogP) is 0.922. The molecule has 0 unspecified atom stereocenters. The Morgan fingerprint density at radius 3 is 1.90 bits per heavy atom. The molecule has 2 N–H and O–H groups in total. The molecule has 0 bridgehead atoms. The number of hydrogen-bond acceptors (Lipinski definition) is 6. The van der Waals surface area contributed by atoms with Gasteiger partial charge in [0, 0.05) is 26.4 Å². The van der Waals surface area contributed by atoms with Gasteiger partial charge < -0.3 is 29.4 Å². The van der Waals surface area contributed by atoms with E-state index in [0.717, 1.165) is 0 Å². The molecule has 0 saturated carbocycles. The van der Waals surface area contributed by atoms with Crippen molar-refractivity contribution in [3.8, 4) is 0 Å². The fraction of sp³-hybridized carbons (Fsp3) is 1.00. The Morgan fingerprint density at radius 1 is 0.800 bits per heavy atom. The zero-order valence-electron chi connectivity index (χ0n) is 13.0. The van der Waals surface area contributed by atoms with Crippen molar-refractivity contribution >= 4 is 0 Å². The third-order valence-electron chi connectivity index (χ3n) is 3.23. The first kappa shape index (κ1) is 17.8. The molecular formula is C14H29NO5. The van der Waals surface area contributed by atoms with Crippen LogP contribution in [0.25, 0.3) is 0 Å². The third-order valence-corrected chi connectivity index (χ3v) is 3.23. The summed E-state index contributed by atoms with van der Waals surface area (Å²) in [7, 11) is 0. The molecular weight excluding hydrogens is 262 g/mol. The molecule has 0 amide bonds. The molecule has 6 heteroatoms. The van der Waals surface area contributed by atoms with Gasteiger partial charge in [0.25, 0.3) is 0 Å². The highest BCUT2D eigenvalue weighted by Gasteiger charge is 2.46. The largest absolute Gasteiger partial charge is 0.379 e. The molecule has 0 aromatic heterocycles. The van der Waals surface area contributed by atoms with Crippen LogP contribution in [0.1, 0.15) is 27.7 Å². The summed E-state index contributed by atoms with van der Waals surface area (Å²) >= 11 is 0. The van der Waals surface area contributed by atoms with Gasteiger partial charge in [-0.3, -0.25) is 0 Å². The number of nitrogens with two attached hydrogens (primary N) is 1. The average molecular weight is 291 g/mol. The maximum atomic E-state index is 6.07. The zero-order valence-corrected chi connectivity index (χ0v) is 13.0. The van der Waals surface area contributed by atoms with Crippen molar-refractivity contribution in [2.24, 2.45) is 5.73 Å². The molecule has 5 atom stereocenters. The molecule has 0 aromatic carbocycles. The van der Waals surface area contributed by atoms with Crippen molar-refractivity contribution in [1.29, 1.82) is 0 Å². The Bertz CT molecular complexity index is 254. The Balaban J connectivity index is 2.83. The second kappa shape index (κ2) is 9.65. The smallest absolute Gasteiger partial charge is 0.135 e. The molecule has 120 valence electrons. The van der Waals surface area contributed by atoms with E-state index in [9.17, 15) is 0 Å². The highest BCUT2D eigenvalue weighted by molar-refractivity contribution is 4.93. The van der Waals surface area contributed by atoms with Crippen molar-refractivity contribution < 1.29 is 23.7 Å². The lowest BCUT2D eigenvalue weighted by Gasteiger charge is -2.44. The van der Waals surface area contributed by atoms with Crippen molar-refractivity contribution in [2.75, 3.05) is 33.0 Å². The van der Waals surface area contributed by atoms with E-state index in [0.29, 0.717) is 33.0 Å². The van der Waals surface area contributed by atoms with E-state index in [1.165, 1.54) is 0 Å². The van der Waals surface area contributed by atoms with Crippen LogP contribution in [0.3, 0.4) is 0 Å². The summed E-state index contributed by atoms with van der Waals surface area (Å²) < 4.78 is 28.6. The minimum Gasteiger partial charge on any atom is -0.379 e. The number of ether oxygens (including phenoxy) is 5. The second-order valence-electron chi connectivity index (χ2n) is 4.56. The van der Waals surface area contributed by atoms with Gasteiger partial charge in [-0.05, 0) is 27.7 Å². The van der Waals surface area contributed by atoms with Gasteiger partial charge in [-0.15, -0.1) is 0 Å². The van der Waals surface area contributed by atoms with Crippen molar-refractivity contribution in [2.45, 2.75) is 58.3 Å². The first-order chi connectivity index (χ1) is 9.69. The van der Waals surface area contributed by atoms with Crippen LogP contribution in [0.15, 0.2) is 0 Å². The summed E-state index contributed by atoms with van der Waals surface area (Å²) in [4.78, 5) is 0. The molecule has 1 rings (SSSR count). The molecule has 0 spiro atoms. The summed E-state index contributed by atoms with van der Waals surface area (Å²) in [6, 6.07) is 0.